The third-order valence-corrected chi connectivity index (χ3v) is 6.41. The van der Waals surface area contributed by atoms with Gasteiger partial charge in [-0.3, -0.25) is 4.90 Å². The van der Waals surface area contributed by atoms with Gasteiger partial charge in [0.05, 0.1) is 6.04 Å². The first-order valence-electron chi connectivity index (χ1n) is 8.56. The van der Waals surface area contributed by atoms with Crippen LogP contribution in [0.3, 0.4) is 0 Å². The third kappa shape index (κ3) is 1.68. The van der Waals surface area contributed by atoms with Crippen molar-refractivity contribution in [2.24, 2.45) is 11.8 Å². The molecule has 120 valence electrons. The number of aliphatic hydroxyl groups excluding tert-OH is 1. The van der Waals surface area contributed by atoms with Crippen LogP contribution in [-0.4, -0.2) is 39.3 Å². The molecule has 4 heteroatoms. The number of rotatable bonds is 1. The second kappa shape index (κ2) is 4.62. The van der Waals surface area contributed by atoms with Crippen molar-refractivity contribution >= 4 is 10.9 Å². The lowest BCUT2D eigenvalue weighted by molar-refractivity contribution is -0.0503. The van der Waals surface area contributed by atoms with Gasteiger partial charge in [-0.05, 0) is 49.4 Å². The molecule has 0 spiro atoms. The number of aromatic hydroxyl groups is 1. The molecule has 5 heterocycles. The summed E-state index contributed by atoms with van der Waals surface area (Å²) in [5, 5.41) is 21.0. The summed E-state index contributed by atoms with van der Waals surface area (Å²) in [6.45, 7) is 3.42. The summed E-state index contributed by atoms with van der Waals surface area (Å²) in [5.74, 6) is 1.17. The molecular weight excluding hydrogens is 288 g/mol. The lowest BCUT2D eigenvalue weighted by Gasteiger charge is -2.58. The molecule has 3 unspecified atom stereocenters. The number of phenolic OH excluding ortho intramolecular Hbond substituents is 1. The number of hydrogen-bond acceptors (Lipinski definition) is 3. The fraction of sp³-hybridized carbons (Fsp3) is 0.474. The molecule has 0 saturated carbocycles. The molecule has 3 N–H and O–H groups in total. The standard InChI is InChI=1S/C19H22N2O2/c1-2-10-8-21-17-7-14-13-5-11(23)3-4-16(13)20-19(14)18(21)6-12(10)15(17)9-22/h2-5,12,15,17-18,20,22-23H,6-9H2,1H3/t12-,15?,17+,18?/m1/s1. The van der Waals surface area contributed by atoms with Gasteiger partial charge >= 0.3 is 0 Å². The maximum atomic E-state index is 9.99. The van der Waals surface area contributed by atoms with Gasteiger partial charge in [-0.1, -0.05) is 11.6 Å². The summed E-state index contributed by atoms with van der Waals surface area (Å²) >= 11 is 0. The SMILES string of the molecule is CC=C1CN2C3C[C@H]1C(CO)[C@@H]2Cc1c3[nH]c2ccc(O)cc12. The normalized spacial score (nSPS) is 36.6. The summed E-state index contributed by atoms with van der Waals surface area (Å²) in [7, 11) is 0. The van der Waals surface area contributed by atoms with E-state index in [0.717, 1.165) is 30.3 Å². The zero-order valence-corrected chi connectivity index (χ0v) is 13.3. The number of aromatic nitrogens is 1. The fourth-order valence-corrected chi connectivity index (χ4v) is 5.35. The largest absolute Gasteiger partial charge is 0.508 e. The minimum atomic E-state index is 0.263. The summed E-state index contributed by atoms with van der Waals surface area (Å²) in [4.78, 5) is 6.21. The number of piperidine rings is 3. The van der Waals surface area contributed by atoms with Gasteiger partial charge in [-0.15, -0.1) is 0 Å². The molecule has 23 heavy (non-hydrogen) atoms. The Morgan fingerprint density at radius 3 is 3.04 bits per heavy atom. The number of allylic oxidation sites excluding steroid dienone is 1. The van der Waals surface area contributed by atoms with Crippen molar-refractivity contribution in [2.45, 2.75) is 31.8 Å². The Morgan fingerprint density at radius 2 is 2.26 bits per heavy atom. The van der Waals surface area contributed by atoms with Crippen molar-refractivity contribution in [2.75, 3.05) is 13.2 Å². The Morgan fingerprint density at radius 1 is 1.39 bits per heavy atom. The number of H-pyrrole nitrogens is 1. The predicted molar refractivity (Wildman–Crippen MR) is 89.3 cm³/mol. The van der Waals surface area contributed by atoms with Crippen molar-refractivity contribution < 1.29 is 10.2 Å². The van der Waals surface area contributed by atoms with Gasteiger partial charge in [0, 0.05) is 41.7 Å². The number of aliphatic hydroxyl groups is 1. The molecule has 0 radical (unpaired) electrons. The monoisotopic (exact) mass is 310 g/mol. The highest BCUT2D eigenvalue weighted by atomic mass is 16.3. The third-order valence-electron chi connectivity index (χ3n) is 6.41. The van der Waals surface area contributed by atoms with E-state index in [4.69, 9.17) is 0 Å². The van der Waals surface area contributed by atoms with Gasteiger partial charge in [0.15, 0.2) is 0 Å². The Bertz CT molecular complexity index is 822. The number of nitrogens with zero attached hydrogens (tertiary/aromatic N) is 1. The van der Waals surface area contributed by atoms with E-state index in [-0.39, 0.29) is 6.61 Å². The van der Waals surface area contributed by atoms with Crippen LogP contribution >= 0.6 is 0 Å². The first-order valence-corrected chi connectivity index (χ1v) is 8.56. The number of benzene rings is 1. The van der Waals surface area contributed by atoms with E-state index < -0.39 is 0 Å². The Labute approximate surface area is 135 Å². The molecule has 5 atom stereocenters. The number of hydrogen-bond donors (Lipinski definition) is 3. The average molecular weight is 310 g/mol. The summed E-state index contributed by atoms with van der Waals surface area (Å²) in [6.07, 6.45) is 4.31. The van der Waals surface area contributed by atoms with Crippen LogP contribution in [0.25, 0.3) is 10.9 Å². The van der Waals surface area contributed by atoms with E-state index >= 15 is 0 Å². The lowest BCUT2D eigenvalue weighted by atomic mass is 9.64. The average Bonchev–Trinajstić information content (AvgIpc) is 2.92. The zero-order valence-electron chi connectivity index (χ0n) is 13.3. The highest BCUT2D eigenvalue weighted by Crippen LogP contribution is 2.54. The number of nitrogens with one attached hydrogen (secondary N) is 1. The van der Waals surface area contributed by atoms with Crippen LogP contribution in [0.5, 0.6) is 5.75 Å². The maximum Gasteiger partial charge on any atom is 0.116 e. The first kappa shape index (κ1) is 13.6. The maximum absolute atomic E-state index is 9.99. The molecule has 6 rings (SSSR count). The number of phenols is 1. The van der Waals surface area contributed by atoms with Crippen LogP contribution < -0.4 is 0 Å². The molecule has 4 aliphatic rings. The first-order chi connectivity index (χ1) is 11.2. The smallest absolute Gasteiger partial charge is 0.116 e. The summed E-state index contributed by atoms with van der Waals surface area (Å²) < 4.78 is 0. The zero-order chi connectivity index (χ0) is 15.7. The van der Waals surface area contributed by atoms with Gasteiger partial charge in [-0.2, -0.15) is 0 Å². The fourth-order valence-electron chi connectivity index (χ4n) is 5.35. The molecule has 4 nitrogen and oxygen atoms in total. The molecule has 4 aliphatic heterocycles. The molecule has 3 saturated heterocycles. The summed E-state index contributed by atoms with van der Waals surface area (Å²) in [5.41, 5.74) is 5.29. The highest BCUT2D eigenvalue weighted by Gasteiger charge is 2.52. The molecule has 4 bridgehead atoms. The molecule has 1 aromatic heterocycles. The molecule has 1 aromatic carbocycles. The molecule has 0 aliphatic carbocycles. The van der Waals surface area contributed by atoms with Crippen molar-refractivity contribution in [3.63, 3.8) is 0 Å². The second-order valence-corrected chi connectivity index (χ2v) is 7.26. The van der Waals surface area contributed by atoms with E-state index in [2.05, 4.69) is 22.9 Å². The van der Waals surface area contributed by atoms with Crippen molar-refractivity contribution in [3.8, 4) is 5.75 Å². The lowest BCUT2D eigenvalue weighted by Crippen LogP contribution is -2.60. The van der Waals surface area contributed by atoms with Gasteiger partial charge in [0.1, 0.15) is 5.75 Å². The van der Waals surface area contributed by atoms with E-state index in [1.807, 2.05) is 12.1 Å². The Balaban J connectivity index is 1.68. The van der Waals surface area contributed by atoms with E-state index in [0.29, 0.717) is 29.7 Å². The van der Waals surface area contributed by atoms with Gasteiger partial charge in [0.25, 0.3) is 0 Å². The van der Waals surface area contributed by atoms with Gasteiger partial charge in [-0.25, -0.2) is 0 Å². The summed E-state index contributed by atoms with van der Waals surface area (Å²) in [6, 6.07) is 6.44. The number of aromatic amines is 1. The van der Waals surface area contributed by atoms with Crippen LogP contribution in [0.15, 0.2) is 29.8 Å². The van der Waals surface area contributed by atoms with Crippen LogP contribution in [-0.2, 0) is 6.42 Å². The predicted octanol–water partition coefficient (Wildman–Crippen LogP) is 2.73. The van der Waals surface area contributed by atoms with Crippen LogP contribution in [0.4, 0.5) is 0 Å². The molecule has 2 aromatic rings. The Hall–Kier alpha value is -1.78. The molecule has 0 amide bonds. The van der Waals surface area contributed by atoms with E-state index in [9.17, 15) is 10.2 Å². The van der Waals surface area contributed by atoms with Crippen LogP contribution in [0.2, 0.25) is 0 Å². The number of fused-ring (bicyclic) bond motifs is 4. The molecular formula is C19H22N2O2. The van der Waals surface area contributed by atoms with Crippen LogP contribution in [0, 0.1) is 11.8 Å². The van der Waals surface area contributed by atoms with Crippen molar-refractivity contribution in [1.82, 2.24) is 9.88 Å². The topological polar surface area (TPSA) is 59.5 Å². The van der Waals surface area contributed by atoms with E-state index in [1.165, 1.54) is 16.8 Å². The quantitative estimate of drug-likeness (QED) is 0.710. The van der Waals surface area contributed by atoms with Crippen molar-refractivity contribution in [1.29, 1.82) is 0 Å². The minimum Gasteiger partial charge on any atom is -0.508 e. The highest BCUT2D eigenvalue weighted by molar-refractivity contribution is 5.86. The van der Waals surface area contributed by atoms with Crippen LogP contribution in [0.1, 0.15) is 30.6 Å². The minimum absolute atomic E-state index is 0.263. The van der Waals surface area contributed by atoms with Crippen molar-refractivity contribution in [3.05, 3.63) is 41.1 Å². The van der Waals surface area contributed by atoms with Gasteiger partial charge < -0.3 is 15.2 Å². The van der Waals surface area contributed by atoms with E-state index in [1.54, 1.807) is 6.07 Å². The molecule has 3 fully saturated rings. The Kier molecular flexibility index (Phi) is 2.74. The van der Waals surface area contributed by atoms with Gasteiger partial charge in [0.2, 0.25) is 0 Å². The second-order valence-electron chi connectivity index (χ2n) is 7.26.